The van der Waals surface area contributed by atoms with Gasteiger partial charge in [-0.3, -0.25) is 14.9 Å². The van der Waals surface area contributed by atoms with Gasteiger partial charge in [-0.1, -0.05) is 18.1 Å². The van der Waals surface area contributed by atoms with Gasteiger partial charge in [-0.25, -0.2) is 4.68 Å². The van der Waals surface area contributed by atoms with E-state index in [1.807, 2.05) is 0 Å². The highest BCUT2D eigenvalue weighted by molar-refractivity contribution is 5.06. The molecule has 5 rings (SSSR count). The molecule has 2 saturated heterocycles. The molecule has 3 aliphatic rings. The van der Waals surface area contributed by atoms with Gasteiger partial charge in [0.05, 0.1) is 23.6 Å². The first kappa shape index (κ1) is 18.3. The molecule has 3 fully saturated rings. The Hall–Kier alpha value is -1.73. The summed E-state index contributed by atoms with van der Waals surface area (Å²) in [5.74, 6) is 0. The maximum Gasteiger partial charge on any atom is 0.0967 e. The molecule has 1 N–H and O–H groups in total. The van der Waals surface area contributed by atoms with Gasteiger partial charge in [0.2, 0.25) is 0 Å². The van der Waals surface area contributed by atoms with Crippen molar-refractivity contribution in [1.82, 2.24) is 35.0 Å². The zero-order valence-corrected chi connectivity index (χ0v) is 17.1. The summed E-state index contributed by atoms with van der Waals surface area (Å²) in [4.78, 5) is 5.10. The van der Waals surface area contributed by atoms with Crippen molar-refractivity contribution in [1.29, 1.82) is 0 Å². The molecule has 0 atom stereocenters. The van der Waals surface area contributed by atoms with E-state index in [1.54, 1.807) is 0 Å². The molecule has 28 heavy (non-hydrogen) atoms. The van der Waals surface area contributed by atoms with Crippen LogP contribution in [0.4, 0.5) is 0 Å². The SMILES string of the molecule is Cc1cc(CN2CCC(n3cc(CN4CCC5(CCCC5)C4)nn3)CC2)n[nH]1. The number of hydrogen-bond acceptors (Lipinski definition) is 5. The first-order chi connectivity index (χ1) is 13.7. The Morgan fingerprint density at radius 1 is 1.04 bits per heavy atom. The second-order valence-corrected chi connectivity index (χ2v) is 9.41. The summed E-state index contributed by atoms with van der Waals surface area (Å²) in [6, 6.07) is 2.63. The van der Waals surface area contributed by atoms with Crippen molar-refractivity contribution in [3.05, 3.63) is 29.3 Å². The zero-order valence-electron chi connectivity index (χ0n) is 17.1. The number of likely N-dealkylation sites (tertiary alicyclic amines) is 2. The number of aromatic amines is 1. The monoisotopic (exact) mass is 383 g/mol. The van der Waals surface area contributed by atoms with Crippen molar-refractivity contribution in [2.75, 3.05) is 26.2 Å². The number of aryl methyl sites for hydroxylation is 1. The van der Waals surface area contributed by atoms with Crippen LogP contribution in [0.5, 0.6) is 0 Å². The van der Waals surface area contributed by atoms with Gasteiger partial charge in [-0.15, -0.1) is 5.10 Å². The lowest BCUT2D eigenvalue weighted by Crippen LogP contribution is -2.34. The van der Waals surface area contributed by atoms with E-state index in [4.69, 9.17) is 0 Å². The van der Waals surface area contributed by atoms with Gasteiger partial charge in [-0.05, 0) is 57.1 Å². The van der Waals surface area contributed by atoms with E-state index in [0.29, 0.717) is 11.5 Å². The smallest absolute Gasteiger partial charge is 0.0967 e. The van der Waals surface area contributed by atoms with Gasteiger partial charge in [0.25, 0.3) is 0 Å². The molecule has 2 aromatic heterocycles. The lowest BCUT2D eigenvalue weighted by molar-refractivity contribution is 0.170. The summed E-state index contributed by atoms with van der Waals surface area (Å²) in [6.07, 6.45) is 11.6. The van der Waals surface area contributed by atoms with Gasteiger partial charge >= 0.3 is 0 Å². The highest BCUT2D eigenvalue weighted by Crippen LogP contribution is 2.45. The van der Waals surface area contributed by atoms with Gasteiger partial charge in [0, 0.05) is 38.4 Å². The van der Waals surface area contributed by atoms with Crippen LogP contribution >= 0.6 is 0 Å². The van der Waals surface area contributed by atoms with Crippen LogP contribution in [0.2, 0.25) is 0 Å². The van der Waals surface area contributed by atoms with E-state index in [0.717, 1.165) is 56.1 Å². The largest absolute Gasteiger partial charge is 0.297 e. The number of nitrogens with zero attached hydrogens (tertiary/aromatic N) is 6. The Kier molecular flexibility index (Phi) is 4.97. The molecule has 4 heterocycles. The van der Waals surface area contributed by atoms with Crippen molar-refractivity contribution in [2.24, 2.45) is 5.41 Å². The van der Waals surface area contributed by atoms with Crippen LogP contribution in [0.15, 0.2) is 12.3 Å². The average Bonchev–Trinajstić information content (AvgIpc) is 3.48. The van der Waals surface area contributed by atoms with E-state index < -0.39 is 0 Å². The molecule has 0 unspecified atom stereocenters. The third-order valence-electron chi connectivity index (χ3n) is 7.20. The number of nitrogens with one attached hydrogen (secondary N) is 1. The van der Waals surface area contributed by atoms with Crippen LogP contribution in [0.1, 0.15) is 68.1 Å². The van der Waals surface area contributed by atoms with E-state index in [-0.39, 0.29) is 0 Å². The standard InChI is InChI=1S/C21H33N7/c1-17-12-18(23-22-17)13-26-9-4-20(5-10-26)28-15-19(24-25-28)14-27-11-8-21(16-27)6-2-3-7-21/h12,15,20H,2-11,13-14,16H2,1H3,(H,22,23). The molecule has 1 aliphatic carbocycles. The fourth-order valence-corrected chi connectivity index (χ4v) is 5.62. The molecule has 0 amide bonds. The molecule has 152 valence electrons. The summed E-state index contributed by atoms with van der Waals surface area (Å²) in [5.41, 5.74) is 4.06. The molecule has 1 spiro atoms. The van der Waals surface area contributed by atoms with Crippen LogP contribution in [0.25, 0.3) is 0 Å². The summed E-state index contributed by atoms with van der Waals surface area (Å²) in [7, 11) is 0. The lowest BCUT2D eigenvalue weighted by Gasteiger charge is -2.31. The van der Waals surface area contributed by atoms with Crippen molar-refractivity contribution in [3.8, 4) is 0 Å². The lowest BCUT2D eigenvalue weighted by atomic mass is 9.86. The van der Waals surface area contributed by atoms with Gasteiger partial charge < -0.3 is 0 Å². The second kappa shape index (κ2) is 7.59. The molecule has 7 nitrogen and oxygen atoms in total. The van der Waals surface area contributed by atoms with Crippen LogP contribution in [-0.2, 0) is 13.1 Å². The summed E-state index contributed by atoms with van der Waals surface area (Å²) in [6.45, 7) is 8.67. The highest BCUT2D eigenvalue weighted by Gasteiger charge is 2.40. The summed E-state index contributed by atoms with van der Waals surface area (Å²) >= 11 is 0. The maximum atomic E-state index is 4.50. The van der Waals surface area contributed by atoms with E-state index in [9.17, 15) is 0 Å². The topological polar surface area (TPSA) is 65.9 Å². The predicted molar refractivity (Wildman–Crippen MR) is 108 cm³/mol. The third kappa shape index (κ3) is 3.87. The Morgan fingerprint density at radius 3 is 2.57 bits per heavy atom. The minimum Gasteiger partial charge on any atom is -0.297 e. The Bertz CT molecular complexity index is 780. The van der Waals surface area contributed by atoms with Crippen LogP contribution in [-0.4, -0.2) is 61.2 Å². The van der Waals surface area contributed by atoms with Crippen molar-refractivity contribution >= 4 is 0 Å². The Labute approximate surface area is 167 Å². The fraction of sp³-hybridized carbons (Fsp3) is 0.762. The van der Waals surface area contributed by atoms with Crippen molar-refractivity contribution in [2.45, 2.75) is 71.0 Å². The molecule has 7 heteroatoms. The number of rotatable bonds is 5. The molecular formula is C21H33N7. The zero-order chi connectivity index (χ0) is 19.0. The highest BCUT2D eigenvalue weighted by atomic mass is 15.4. The van der Waals surface area contributed by atoms with Gasteiger partial charge in [-0.2, -0.15) is 5.10 Å². The van der Waals surface area contributed by atoms with Gasteiger partial charge in [0.1, 0.15) is 0 Å². The van der Waals surface area contributed by atoms with Crippen LogP contribution < -0.4 is 0 Å². The van der Waals surface area contributed by atoms with Crippen molar-refractivity contribution in [3.63, 3.8) is 0 Å². The molecule has 0 aromatic carbocycles. The molecule has 0 radical (unpaired) electrons. The first-order valence-corrected chi connectivity index (χ1v) is 11.0. The molecule has 2 aromatic rings. The minimum absolute atomic E-state index is 0.484. The Morgan fingerprint density at radius 2 is 1.82 bits per heavy atom. The molecule has 0 bridgehead atoms. The van der Waals surface area contributed by atoms with E-state index in [2.05, 4.69) is 54.2 Å². The maximum absolute atomic E-state index is 4.50. The number of H-pyrrole nitrogens is 1. The minimum atomic E-state index is 0.484. The number of hydrogen-bond donors (Lipinski definition) is 1. The van der Waals surface area contributed by atoms with Gasteiger partial charge in [0.15, 0.2) is 0 Å². The third-order valence-corrected chi connectivity index (χ3v) is 7.20. The number of piperidine rings is 1. The Balaban J connectivity index is 1.12. The first-order valence-electron chi connectivity index (χ1n) is 11.0. The molecular weight excluding hydrogens is 350 g/mol. The quantitative estimate of drug-likeness (QED) is 0.860. The molecule has 1 saturated carbocycles. The van der Waals surface area contributed by atoms with E-state index in [1.165, 1.54) is 45.2 Å². The average molecular weight is 384 g/mol. The van der Waals surface area contributed by atoms with Crippen molar-refractivity contribution < 1.29 is 0 Å². The summed E-state index contributed by atoms with van der Waals surface area (Å²) < 4.78 is 2.13. The van der Waals surface area contributed by atoms with Crippen LogP contribution in [0.3, 0.4) is 0 Å². The normalized spacial score (nSPS) is 23.9. The van der Waals surface area contributed by atoms with E-state index >= 15 is 0 Å². The summed E-state index contributed by atoms with van der Waals surface area (Å²) in [5, 5.41) is 16.4. The second-order valence-electron chi connectivity index (χ2n) is 9.41. The predicted octanol–water partition coefficient (Wildman–Crippen LogP) is 2.91. The number of aromatic nitrogens is 5. The fourth-order valence-electron chi connectivity index (χ4n) is 5.62. The van der Waals surface area contributed by atoms with Crippen LogP contribution in [0, 0.1) is 12.3 Å². The molecule has 2 aliphatic heterocycles.